The van der Waals surface area contributed by atoms with Crippen molar-refractivity contribution in [3.05, 3.63) is 29.8 Å². The third-order valence-corrected chi connectivity index (χ3v) is 3.81. The van der Waals surface area contributed by atoms with Crippen molar-refractivity contribution in [3.8, 4) is 5.75 Å². The van der Waals surface area contributed by atoms with Gasteiger partial charge < -0.3 is 9.47 Å². The van der Waals surface area contributed by atoms with Gasteiger partial charge in [0.1, 0.15) is 5.75 Å². The highest BCUT2D eigenvalue weighted by atomic mass is 16.5. The molecule has 1 aromatic carbocycles. The van der Waals surface area contributed by atoms with Gasteiger partial charge in [0.25, 0.3) is 0 Å². The second-order valence-corrected chi connectivity index (χ2v) is 5.96. The third kappa shape index (κ3) is 9.33. The highest BCUT2D eigenvalue weighted by Gasteiger charge is 2.07. The first kappa shape index (κ1) is 20.2. The number of benzene rings is 1. The lowest BCUT2D eigenvalue weighted by molar-refractivity contribution is -0.144. The number of carbonyl (C=O) groups excluding carboxylic acids is 2. The number of rotatable bonds is 12. The standard InChI is InChI=1S/C20H30O4/c1-3-5-6-9-15-23-19(21)13-7-8-14-20(22)24-18-12-10-11-17(4-2)16-18/h10-12,16H,3-9,13-15H2,1-2H3. The van der Waals surface area contributed by atoms with Crippen LogP contribution in [0.25, 0.3) is 0 Å². The summed E-state index contributed by atoms with van der Waals surface area (Å²) in [7, 11) is 0. The Kier molecular flexibility index (Phi) is 10.6. The Balaban J connectivity index is 2.09. The van der Waals surface area contributed by atoms with Gasteiger partial charge in [0.2, 0.25) is 0 Å². The van der Waals surface area contributed by atoms with E-state index in [1.54, 1.807) is 6.07 Å². The second kappa shape index (κ2) is 12.6. The van der Waals surface area contributed by atoms with Crippen molar-refractivity contribution >= 4 is 11.9 Å². The van der Waals surface area contributed by atoms with Crippen LogP contribution in [-0.4, -0.2) is 18.5 Å². The van der Waals surface area contributed by atoms with Crippen molar-refractivity contribution in [2.45, 2.75) is 71.6 Å². The molecule has 4 nitrogen and oxygen atoms in total. The van der Waals surface area contributed by atoms with Crippen molar-refractivity contribution in [3.63, 3.8) is 0 Å². The Hall–Kier alpha value is -1.84. The van der Waals surface area contributed by atoms with Gasteiger partial charge in [-0.3, -0.25) is 9.59 Å². The predicted octanol–water partition coefficient (Wildman–Crippen LogP) is 4.84. The van der Waals surface area contributed by atoms with Gasteiger partial charge >= 0.3 is 11.9 Å². The van der Waals surface area contributed by atoms with Crippen LogP contribution in [-0.2, 0) is 20.7 Å². The molecule has 1 rings (SSSR count). The fourth-order valence-corrected chi connectivity index (χ4v) is 2.34. The van der Waals surface area contributed by atoms with Crippen LogP contribution in [0.1, 0.15) is 70.8 Å². The Morgan fingerprint density at radius 3 is 2.38 bits per heavy atom. The summed E-state index contributed by atoms with van der Waals surface area (Å²) in [4.78, 5) is 23.3. The van der Waals surface area contributed by atoms with E-state index in [4.69, 9.17) is 9.47 Å². The zero-order chi connectivity index (χ0) is 17.6. The van der Waals surface area contributed by atoms with Gasteiger partial charge in [0, 0.05) is 12.8 Å². The first-order valence-electron chi connectivity index (χ1n) is 9.11. The molecule has 0 aliphatic rings. The average molecular weight is 334 g/mol. The molecule has 0 aliphatic heterocycles. The molecule has 0 atom stereocenters. The van der Waals surface area contributed by atoms with Crippen molar-refractivity contribution < 1.29 is 19.1 Å². The molecule has 0 saturated heterocycles. The summed E-state index contributed by atoms with van der Waals surface area (Å²) in [5, 5.41) is 0. The average Bonchev–Trinajstić information content (AvgIpc) is 2.58. The number of carbonyl (C=O) groups is 2. The van der Waals surface area contributed by atoms with E-state index in [9.17, 15) is 9.59 Å². The number of hydrogen-bond acceptors (Lipinski definition) is 4. The van der Waals surface area contributed by atoms with E-state index in [1.165, 1.54) is 12.8 Å². The smallest absolute Gasteiger partial charge is 0.311 e. The lowest BCUT2D eigenvalue weighted by Gasteiger charge is -2.06. The molecule has 0 radical (unpaired) electrons. The number of ether oxygens (including phenoxy) is 2. The van der Waals surface area contributed by atoms with Crippen LogP contribution in [0.2, 0.25) is 0 Å². The van der Waals surface area contributed by atoms with Crippen molar-refractivity contribution in [2.24, 2.45) is 0 Å². The highest BCUT2D eigenvalue weighted by Crippen LogP contribution is 2.15. The van der Waals surface area contributed by atoms with Crippen molar-refractivity contribution in [1.29, 1.82) is 0 Å². The molecule has 0 aliphatic carbocycles. The number of aryl methyl sites for hydroxylation is 1. The summed E-state index contributed by atoms with van der Waals surface area (Å²) >= 11 is 0. The van der Waals surface area contributed by atoms with Crippen LogP contribution in [0.3, 0.4) is 0 Å². The third-order valence-electron chi connectivity index (χ3n) is 3.81. The Labute approximate surface area is 145 Å². The van der Waals surface area contributed by atoms with E-state index in [0.717, 1.165) is 24.8 Å². The Morgan fingerprint density at radius 1 is 0.917 bits per heavy atom. The zero-order valence-corrected chi connectivity index (χ0v) is 15.0. The van der Waals surface area contributed by atoms with E-state index in [2.05, 4.69) is 13.8 Å². The number of hydrogen-bond donors (Lipinski definition) is 0. The Bertz CT molecular complexity index is 496. The van der Waals surface area contributed by atoms with E-state index in [-0.39, 0.29) is 11.9 Å². The monoisotopic (exact) mass is 334 g/mol. The van der Waals surface area contributed by atoms with Gasteiger partial charge in [0.05, 0.1) is 6.61 Å². The lowest BCUT2D eigenvalue weighted by Crippen LogP contribution is -2.09. The fourth-order valence-electron chi connectivity index (χ4n) is 2.34. The molecule has 0 saturated carbocycles. The van der Waals surface area contributed by atoms with Crippen LogP contribution < -0.4 is 4.74 Å². The van der Waals surface area contributed by atoms with Crippen LogP contribution in [0.5, 0.6) is 5.75 Å². The molecule has 134 valence electrons. The van der Waals surface area contributed by atoms with Crippen LogP contribution in [0.15, 0.2) is 24.3 Å². The van der Waals surface area contributed by atoms with Crippen molar-refractivity contribution in [1.82, 2.24) is 0 Å². The molecule has 0 amide bonds. The summed E-state index contributed by atoms with van der Waals surface area (Å²) in [5.74, 6) is 0.164. The minimum absolute atomic E-state index is 0.171. The van der Waals surface area contributed by atoms with Crippen molar-refractivity contribution in [2.75, 3.05) is 6.61 Å². The van der Waals surface area contributed by atoms with Gasteiger partial charge in [-0.2, -0.15) is 0 Å². The fraction of sp³-hybridized carbons (Fsp3) is 0.600. The molecule has 0 spiro atoms. The number of esters is 2. The SMILES string of the molecule is CCCCCCOC(=O)CCCCC(=O)Oc1cccc(CC)c1. The molecule has 1 aromatic rings. The largest absolute Gasteiger partial charge is 0.466 e. The summed E-state index contributed by atoms with van der Waals surface area (Å²) in [6.45, 7) is 4.72. The molecule has 0 heterocycles. The maximum atomic E-state index is 11.8. The van der Waals surface area contributed by atoms with Crippen LogP contribution in [0.4, 0.5) is 0 Å². The van der Waals surface area contributed by atoms with Gasteiger partial charge in [-0.15, -0.1) is 0 Å². The van der Waals surface area contributed by atoms with E-state index < -0.39 is 0 Å². The molecule has 0 N–H and O–H groups in total. The van der Waals surface area contributed by atoms with E-state index >= 15 is 0 Å². The summed E-state index contributed by atoms with van der Waals surface area (Å²) in [5.41, 5.74) is 1.14. The summed E-state index contributed by atoms with van der Waals surface area (Å²) in [6.07, 6.45) is 7.28. The van der Waals surface area contributed by atoms with E-state index in [1.807, 2.05) is 18.2 Å². The van der Waals surface area contributed by atoms with Gasteiger partial charge in [-0.1, -0.05) is 45.2 Å². The number of unbranched alkanes of at least 4 members (excludes halogenated alkanes) is 4. The Morgan fingerprint density at radius 2 is 1.67 bits per heavy atom. The maximum absolute atomic E-state index is 11.8. The molecular weight excluding hydrogens is 304 g/mol. The second-order valence-electron chi connectivity index (χ2n) is 5.96. The quantitative estimate of drug-likeness (QED) is 0.312. The van der Waals surface area contributed by atoms with E-state index in [0.29, 0.717) is 38.0 Å². The highest BCUT2D eigenvalue weighted by molar-refractivity contribution is 5.72. The minimum Gasteiger partial charge on any atom is -0.466 e. The molecule has 4 heteroatoms. The lowest BCUT2D eigenvalue weighted by atomic mass is 10.1. The topological polar surface area (TPSA) is 52.6 Å². The first-order chi connectivity index (χ1) is 11.7. The van der Waals surface area contributed by atoms with Crippen LogP contribution in [0, 0.1) is 0 Å². The first-order valence-corrected chi connectivity index (χ1v) is 9.11. The maximum Gasteiger partial charge on any atom is 0.311 e. The molecule has 0 unspecified atom stereocenters. The summed E-state index contributed by atoms with van der Waals surface area (Å²) in [6, 6.07) is 7.56. The zero-order valence-electron chi connectivity index (χ0n) is 15.0. The van der Waals surface area contributed by atoms with Gasteiger partial charge in [0.15, 0.2) is 0 Å². The predicted molar refractivity (Wildman–Crippen MR) is 95.0 cm³/mol. The molecule has 0 bridgehead atoms. The minimum atomic E-state index is -0.254. The normalized spacial score (nSPS) is 10.4. The van der Waals surface area contributed by atoms with Gasteiger partial charge in [-0.05, 0) is 43.4 Å². The molecule has 0 fully saturated rings. The van der Waals surface area contributed by atoms with Crippen LogP contribution >= 0.6 is 0 Å². The molecule has 0 aromatic heterocycles. The molecule has 24 heavy (non-hydrogen) atoms. The summed E-state index contributed by atoms with van der Waals surface area (Å²) < 4.78 is 10.5. The molecular formula is C20H30O4. The van der Waals surface area contributed by atoms with Gasteiger partial charge in [-0.25, -0.2) is 0 Å².